The molecule has 0 saturated carbocycles. The summed E-state index contributed by atoms with van der Waals surface area (Å²) in [5, 5.41) is 0. The number of fused-ring (bicyclic) bond motifs is 15. The maximum atomic E-state index is 2.55. The van der Waals surface area contributed by atoms with Crippen molar-refractivity contribution in [1.29, 1.82) is 0 Å². The van der Waals surface area contributed by atoms with Crippen molar-refractivity contribution >= 4 is 22.6 Å². The van der Waals surface area contributed by atoms with Crippen LogP contribution in [-0.2, 0) is 17.3 Å². The number of hydrogen-bond donors (Lipinski definition) is 0. The highest BCUT2D eigenvalue weighted by atomic mass is 15.1. The Morgan fingerprint density at radius 2 is 0.985 bits per heavy atom. The van der Waals surface area contributed by atoms with Gasteiger partial charge >= 0.3 is 0 Å². The molecule has 67 heavy (non-hydrogen) atoms. The maximum Gasteiger partial charge on any atom is 0.0723 e. The van der Waals surface area contributed by atoms with Gasteiger partial charge in [0.05, 0.1) is 11.1 Å². The van der Waals surface area contributed by atoms with Gasteiger partial charge in [-0.25, -0.2) is 0 Å². The molecule has 1 spiro atoms. The lowest BCUT2D eigenvalue weighted by Gasteiger charge is -2.33. The molecule has 0 aliphatic heterocycles. The fourth-order valence-electron chi connectivity index (χ4n) is 13.1. The molecule has 0 amide bonds. The van der Waals surface area contributed by atoms with E-state index in [0.29, 0.717) is 0 Å². The molecule has 0 heterocycles. The number of rotatable bonds is 5. The van der Waals surface area contributed by atoms with E-state index in [0.717, 1.165) is 17.8 Å². The van der Waals surface area contributed by atoms with Crippen molar-refractivity contribution in [1.82, 2.24) is 0 Å². The molecule has 5 aliphatic carbocycles. The quantitative estimate of drug-likeness (QED) is 0.167. The lowest BCUT2D eigenvalue weighted by Crippen LogP contribution is -2.26. The maximum absolute atomic E-state index is 2.55. The monoisotopic (exact) mass is 855 g/mol. The predicted octanol–water partition coefficient (Wildman–Crippen LogP) is 17.0. The average Bonchev–Trinajstić information content (AvgIpc) is 4.13. The van der Waals surface area contributed by atoms with Gasteiger partial charge in [0.15, 0.2) is 0 Å². The second-order valence-electron chi connectivity index (χ2n) is 20.5. The highest BCUT2D eigenvalue weighted by Gasteiger charge is 2.56. The summed E-state index contributed by atoms with van der Waals surface area (Å²) in [6.07, 6.45) is 5.88. The van der Waals surface area contributed by atoms with Crippen LogP contribution >= 0.6 is 0 Å². The molecule has 318 valence electrons. The normalized spacial score (nSPS) is 17.7. The van der Waals surface area contributed by atoms with Crippen molar-refractivity contribution in [3.05, 3.63) is 262 Å². The minimum absolute atomic E-state index is 0.109. The molecule has 1 nitrogen and oxygen atoms in total. The van der Waals surface area contributed by atoms with Crippen LogP contribution in [0.15, 0.2) is 218 Å². The summed E-state index contributed by atoms with van der Waals surface area (Å²) in [4.78, 5) is 2.55. The Labute approximate surface area is 394 Å². The van der Waals surface area contributed by atoms with Crippen LogP contribution in [0, 0.1) is 5.41 Å². The fraction of sp³-hybridized carbons (Fsp3) is 0.121. The Morgan fingerprint density at radius 3 is 1.81 bits per heavy atom. The Morgan fingerprint density at radius 1 is 0.388 bits per heavy atom. The molecule has 9 aromatic rings. The third kappa shape index (κ3) is 5.20. The van der Waals surface area contributed by atoms with E-state index in [1.54, 1.807) is 0 Å². The molecule has 0 bridgehead atoms. The van der Waals surface area contributed by atoms with Crippen molar-refractivity contribution in [2.24, 2.45) is 5.41 Å². The van der Waals surface area contributed by atoms with Crippen molar-refractivity contribution in [3.8, 4) is 55.6 Å². The van der Waals surface area contributed by atoms with E-state index in [9.17, 15) is 0 Å². The van der Waals surface area contributed by atoms with Gasteiger partial charge in [-0.3, -0.25) is 0 Å². The van der Waals surface area contributed by atoms with Gasteiger partial charge in [0.2, 0.25) is 0 Å². The molecule has 1 heteroatoms. The number of anilines is 3. The van der Waals surface area contributed by atoms with E-state index < -0.39 is 5.41 Å². The molecule has 1 unspecified atom stereocenters. The molecule has 0 saturated heterocycles. The second-order valence-corrected chi connectivity index (χ2v) is 20.5. The minimum atomic E-state index is -0.480. The smallest absolute Gasteiger partial charge is 0.0723 e. The van der Waals surface area contributed by atoms with Gasteiger partial charge in [-0.2, -0.15) is 0 Å². The van der Waals surface area contributed by atoms with Gasteiger partial charge in [-0.05, 0) is 149 Å². The van der Waals surface area contributed by atoms with Crippen LogP contribution in [0.5, 0.6) is 0 Å². The molecule has 0 fully saturated rings. The van der Waals surface area contributed by atoms with E-state index in [1.165, 1.54) is 117 Å². The number of hydrogen-bond acceptors (Lipinski definition) is 1. The minimum Gasteiger partial charge on any atom is -0.310 e. The fourth-order valence-corrected chi connectivity index (χ4v) is 13.1. The predicted molar refractivity (Wildman–Crippen MR) is 279 cm³/mol. The van der Waals surface area contributed by atoms with Gasteiger partial charge in [0.1, 0.15) is 0 Å². The number of allylic oxidation sites excluding steroid dienone is 4. The highest BCUT2D eigenvalue weighted by molar-refractivity contribution is 6.03. The molecule has 5 aliphatic rings. The third-order valence-electron chi connectivity index (χ3n) is 16.1. The summed E-state index contributed by atoms with van der Waals surface area (Å²) >= 11 is 0. The van der Waals surface area contributed by atoms with Crippen molar-refractivity contribution < 1.29 is 0 Å². The molecule has 0 aromatic heterocycles. The SMILES string of the molecule is CC1(C)C=CC2=C1c1ccc(-c3ccccc3)cc1C21c2ccccc2-c2c(N(c3ccc(-c4ccc5c(c4)Cc4ccccc4-5)cc3)c3ccc4c(c3)C(C)(C)c3ccccc3-4)cccc21. The van der Waals surface area contributed by atoms with E-state index >= 15 is 0 Å². The first-order valence-electron chi connectivity index (χ1n) is 24.0. The van der Waals surface area contributed by atoms with Crippen LogP contribution in [0.25, 0.3) is 61.2 Å². The first-order valence-corrected chi connectivity index (χ1v) is 24.0. The zero-order chi connectivity index (χ0) is 44.8. The topological polar surface area (TPSA) is 3.24 Å². The van der Waals surface area contributed by atoms with Crippen LogP contribution < -0.4 is 4.90 Å². The molecular weight excluding hydrogens is 807 g/mol. The Kier molecular flexibility index (Phi) is 7.85. The number of benzene rings is 9. The van der Waals surface area contributed by atoms with E-state index in [1.807, 2.05) is 0 Å². The number of nitrogens with zero attached hydrogens (tertiary/aromatic N) is 1. The summed E-state index contributed by atoms with van der Waals surface area (Å²) in [5.41, 5.74) is 29.6. The summed E-state index contributed by atoms with van der Waals surface area (Å²) in [7, 11) is 0. The summed E-state index contributed by atoms with van der Waals surface area (Å²) in [6.45, 7) is 9.55. The lowest BCUT2D eigenvalue weighted by atomic mass is 9.69. The van der Waals surface area contributed by atoms with Crippen LogP contribution in [-0.4, -0.2) is 0 Å². The van der Waals surface area contributed by atoms with E-state index in [2.05, 4.69) is 245 Å². The van der Waals surface area contributed by atoms with E-state index in [-0.39, 0.29) is 10.8 Å². The molecule has 14 rings (SSSR count). The van der Waals surface area contributed by atoms with Gasteiger partial charge in [-0.1, -0.05) is 204 Å². The second kappa shape index (κ2) is 13.7. The zero-order valence-corrected chi connectivity index (χ0v) is 38.4. The van der Waals surface area contributed by atoms with Crippen LogP contribution in [0.1, 0.15) is 72.2 Å². The van der Waals surface area contributed by atoms with Crippen molar-refractivity contribution in [3.63, 3.8) is 0 Å². The van der Waals surface area contributed by atoms with Gasteiger partial charge in [-0.15, -0.1) is 0 Å². The first-order chi connectivity index (χ1) is 32.7. The largest absolute Gasteiger partial charge is 0.310 e. The standard InChI is InChI=1S/C66H49N/c1-64(2)36-35-58-63(64)54-33-28-44(41-15-6-5-7-16-41)39-60(54)66(58)56-22-13-11-20-53(56)62-57(66)23-14-24-61(62)67(48-31-34-52-51-19-10-12-21-55(51)65(3,4)59(52)40-48)47-29-25-42(26-30-47)43-27-32-50-46(37-43)38-45-17-8-9-18-49(45)50/h5-37,39-40H,38H2,1-4H3. The molecule has 0 N–H and O–H groups in total. The van der Waals surface area contributed by atoms with Crippen LogP contribution in [0.3, 0.4) is 0 Å². The lowest BCUT2D eigenvalue weighted by molar-refractivity contribution is 0.659. The van der Waals surface area contributed by atoms with Gasteiger partial charge in [0, 0.05) is 27.8 Å². The highest BCUT2D eigenvalue weighted by Crippen LogP contribution is 2.68. The van der Waals surface area contributed by atoms with Crippen LogP contribution in [0.2, 0.25) is 0 Å². The summed E-state index contributed by atoms with van der Waals surface area (Å²) < 4.78 is 0. The van der Waals surface area contributed by atoms with Crippen molar-refractivity contribution in [2.45, 2.75) is 44.9 Å². The molecule has 9 aromatic carbocycles. The van der Waals surface area contributed by atoms with Gasteiger partial charge < -0.3 is 4.90 Å². The Balaban J connectivity index is 0.987. The van der Waals surface area contributed by atoms with Crippen LogP contribution in [0.4, 0.5) is 17.1 Å². The van der Waals surface area contributed by atoms with Gasteiger partial charge in [0.25, 0.3) is 0 Å². The summed E-state index contributed by atoms with van der Waals surface area (Å²) in [6, 6.07) is 76.0. The third-order valence-corrected chi connectivity index (χ3v) is 16.1. The molecular formula is C66H49N. The molecule has 1 atom stereocenters. The Hall–Kier alpha value is -7.74. The van der Waals surface area contributed by atoms with Crippen molar-refractivity contribution in [2.75, 3.05) is 4.90 Å². The van der Waals surface area contributed by atoms with E-state index in [4.69, 9.17) is 0 Å². The Bertz CT molecular complexity index is 3650. The zero-order valence-electron chi connectivity index (χ0n) is 38.4. The molecule has 0 radical (unpaired) electrons. The summed E-state index contributed by atoms with van der Waals surface area (Å²) in [5.74, 6) is 0. The average molecular weight is 856 g/mol. The first kappa shape index (κ1) is 38.5.